The third kappa shape index (κ3) is 5.48. The first-order valence-electron chi connectivity index (χ1n) is 11.5. The Labute approximate surface area is 206 Å². The Morgan fingerprint density at radius 3 is 2.76 bits per heavy atom. The van der Waals surface area contributed by atoms with Crippen molar-refractivity contribution in [3.8, 4) is 0 Å². The number of hydrogen-bond acceptors (Lipinski definition) is 6. The lowest BCUT2D eigenvalue weighted by Gasteiger charge is -2.47. The molecule has 0 radical (unpaired) electrons. The molecular formula is C23H33F4N3O2S2. The Kier molecular flexibility index (Phi) is 9.11. The molecule has 0 bridgehead atoms. The van der Waals surface area contributed by atoms with Crippen molar-refractivity contribution in [1.29, 1.82) is 0 Å². The van der Waals surface area contributed by atoms with Crippen LogP contribution in [0.4, 0.5) is 17.6 Å². The molecule has 5 nitrogen and oxygen atoms in total. The van der Waals surface area contributed by atoms with Gasteiger partial charge in [-0.3, -0.25) is 9.58 Å². The van der Waals surface area contributed by atoms with Gasteiger partial charge in [0.1, 0.15) is 11.7 Å². The minimum atomic E-state index is -4.24. The monoisotopic (exact) mass is 523 g/mol. The third-order valence-corrected chi connectivity index (χ3v) is 8.31. The maximum Gasteiger partial charge on any atom is 0.341 e. The summed E-state index contributed by atoms with van der Waals surface area (Å²) in [6.45, 7) is 8.24. The Bertz CT molecular complexity index is 939. The molecule has 2 aromatic rings. The molecule has 0 aromatic carbocycles. The van der Waals surface area contributed by atoms with Crippen molar-refractivity contribution in [3.05, 3.63) is 39.3 Å². The van der Waals surface area contributed by atoms with E-state index >= 15 is 0 Å². The van der Waals surface area contributed by atoms with Crippen molar-refractivity contribution in [2.45, 2.75) is 76.8 Å². The maximum absolute atomic E-state index is 14.0. The van der Waals surface area contributed by atoms with Gasteiger partial charge >= 0.3 is 12.3 Å². The van der Waals surface area contributed by atoms with Crippen LogP contribution in [0.15, 0.2) is 18.5 Å². The number of piperidine rings is 1. The van der Waals surface area contributed by atoms with E-state index in [1.807, 2.05) is 30.9 Å². The van der Waals surface area contributed by atoms with Crippen LogP contribution in [-0.2, 0) is 29.3 Å². The predicted octanol–water partition coefficient (Wildman–Crippen LogP) is 5.63. The zero-order valence-corrected chi connectivity index (χ0v) is 21.6. The average molecular weight is 524 g/mol. The fourth-order valence-electron chi connectivity index (χ4n) is 4.53. The smallest absolute Gasteiger partial charge is 0.341 e. The second kappa shape index (κ2) is 11.3. The van der Waals surface area contributed by atoms with Gasteiger partial charge in [-0.2, -0.15) is 25.6 Å². The fraction of sp³-hybridized carbons (Fsp3) is 0.696. The Morgan fingerprint density at radius 1 is 1.38 bits per heavy atom. The van der Waals surface area contributed by atoms with Crippen LogP contribution in [0.3, 0.4) is 0 Å². The molecule has 0 saturated carbocycles. The van der Waals surface area contributed by atoms with Gasteiger partial charge in [0.25, 0.3) is 0 Å². The summed E-state index contributed by atoms with van der Waals surface area (Å²) in [6, 6.07) is 1.11. The van der Waals surface area contributed by atoms with Crippen molar-refractivity contribution in [2.24, 2.45) is 0 Å². The van der Waals surface area contributed by atoms with Crippen molar-refractivity contribution in [3.63, 3.8) is 0 Å². The topological polar surface area (TPSA) is 50.5 Å². The zero-order valence-electron chi connectivity index (χ0n) is 19.9. The van der Waals surface area contributed by atoms with E-state index in [0.29, 0.717) is 47.7 Å². The Balaban J connectivity index is 0.00000158. The van der Waals surface area contributed by atoms with E-state index in [1.165, 1.54) is 0 Å². The molecule has 1 N–H and O–H groups in total. The number of hydrogen-bond donors (Lipinski definition) is 1. The maximum atomic E-state index is 14.0. The summed E-state index contributed by atoms with van der Waals surface area (Å²) >= 11 is 2.41. The number of aliphatic hydroxyl groups is 1. The number of thioether (sulfide) groups is 1. The molecule has 1 spiro atoms. The average Bonchev–Trinajstić information content (AvgIpc) is 3.47. The highest BCUT2D eigenvalue weighted by Crippen LogP contribution is 2.52. The van der Waals surface area contributed by atoms with Crippen LogP contribution in [0.2, 0.25) is 0 Å². The SMILES string of the molecule is CC.CSCCn1cc(CN2CCC3(C[C@@H]2C)OCC(O)c2cc(C(F)(F)C(F)F)sc23)cn1. The molecule has 2 aliphatic heterocycles. The number of aryl methyl sites for hydroxylation is 1. The van der Waals surface area contributed by atoms with Gasteiger partial charge in [-0.1, -0.05) is 13.8 Å². The second-order valence-electron chi connectivity index (χ2n) is 8.52. The van der Waals surface area contributed by atoms with Crippen molar-refractivity contribution < 1.29 is 27.4 Å². The number of alkyl halides is 4. The minimum absolute atomic E-state index is 0.0294. The lowest BCUT2D eigenvalue weighted by molar-refractivity contribution is -0.139. The summed E-state index contributed by atoms with van der Waals surface area (Å²) < 4.78 is 61.9. The van der Waals surface area contributed by atoms with Gasteiger partial charge in [0.05, 0.1) is 17.7 Å². The van der Waals surface area contributed by atoms with Gasteiger partial charge in [-0.25, -0.2) is 8.78 Å². The van der Waals surface area contributed by atoms with Gasteiger partial charge in [-0.05, 0) is 32.1 Å². The minimum Gasteiger partial charge on any atom is -0.386 e. The molecule has 192 valence electrons. The molecule has 4 heterocycles. The van der Waals surface area contributed by atoms with E-state index in [2.05, 4.69) is 23.2 Å². The molecule has 34 heavy (non-hydrogen) atoms. The van der Waals surface area contributed by atoms with Crippen LogP contribution >= 0.6 is 23.1 Å². The molecule has 11 heteroatoms. The van der Waals surface area contributed by atoms with Crippen LogP contribution in [-0.4, -0.2) is 57.4 Å². The summed E-state index contributed by atoms with van der Waals surface area (Å²) in [6.07, 6.45) is 2.14. The van der Waals surface area contributed by atoms with Crippen LogP contribution in [0.1, 0.15) is 60.6 Å². The normalized spacial score (nSPS) is 25.4. The molecule has 0 amide bonds. The largest absolute Gasteiger partial charge is 0.386 e. The number of halogens is 4. The van der Waals surface area contributed by atoms with E-state index < -0.39 is 28.9 Å². The van der Waals surface area contributed by atoms with E-state index in [-0.39, 0.29) is 12.6 Å². The van der Waals surface area contributed by atoms with E-state index in [4.69, 9.17) is 4.74 Å². The molecule has 0 aliphatic carbocycles. The van der Waals surface area contributed by atoms with E-state index in [9.17, 15) is 22.7 Å². The number of likely N-dealkylation sites (tertiary alicyclic amines) is 1. The van der Waals surface area contributed by atoms with Crippen LogP contribution in [0.5, 0.6) is 0 Å². The molecule has 1 saturated heterocycles. The standard InChI is InChI=1S/C21H27F4N3O2S2.C2H6/c1-13-8-20(3-4-27(13)10-14-9-26-28(11-14)5-6-31-2)18-15(16(29)12-30-20)7-17(32-18)21(24,25)19(22)23;1-2/h7,9,11,13,16,19,29H,3-6,8,10,12H2,1-2H3;1-2H3/t13-,16?,20?;/m0./s1. The molecule has 2 unspecified atom stereocenters. The molecule has 3 atom stereocenters. The zero-order chi connectivity index (χ0) is 25.1. The molecular weight excluding hydrogens is 490 g/mol. The number of aliphatic hydroxyl groups excluding tert-OH is 1. The Hall–Kier alpha value is -1.14. The summed E-state index contributed by atoms with van der Waals surface area (Å²) in [4.78, 5) is 2.04. The van der Waals surface area contributed by atoms with Crippen molar-refractivity contribution in [1.82, 2.24) is 14.7 Å². The van der Waals surface area contributed by atoms with Crippen LogP contribution in [0.25, 0.3) is 0 Å². The molecule has 1 fully saturated rings. The summed E-state index contributed by atoms with van der Waals surface area (Å²) in [7, 11) is 0. The number of thiophene rings is 1. The van der Waals surface area contributed by atoms with Gasteiger partial charge in [-0.15, -0.1) is 11.3 Å². The fourth-order valence-corrected chi connectivity index (χ4v) is 6.27. The lowest BCUT2D eigenvalue weighted by Crippen LogP contribution is -2.50. The highest BCUT2D eigenvalue weighted by molar-refractivity contribution is 7.98. The Morgan fingerprint density at radius 2 is 2.12 bits per heavy atom. The molecule has 2 aliphatic rings. The first-order valence-corrected chi connectivity index (χ1v) is 13.7. The number of aromatic nitrogens is 2. The summed E-state index contributed by atoms with van der Waals surface area (Å²) in [5.41, 5.74) is 0.561. The van der Waals surface area contributed by atoms with Gasteiger partial charge in [0.15, 0.2) is 0 Å². The van der Waals surface area contributed by atoms with E-state index in [1.54, 1.807) is 11.8 Å². The summed E-state index contributed by atoms with van der Waals surface area (Å²) in [5, 5.41) is 14.7. The van der Waals surface area contributed by atoms with Gasteiger partial charge in [0, 0.05) is 53.6 Å². The van der Waals surface area contributed by atoms with Gasteiger partial charge in [0.2, 0.25) is 0 Å². The predicted molar refractivity (Wildman–Crippen MR) is 128 cm³/mol. The third-order valence-electron chi connectivity index (χ3n) is 6.30. The number of ether oxygens (including phenoxy) is 1. The first kappa shape index (κ1) is 27.4. The number of fused-ring (bicyclic) bond motifs is 2. The summed E-state index contributed by atoms with van der Waals surface area (Å²) in [5.74, 6) is -3.26. The van der Waals surface area contributed by atoms with Gasteiger partial charge < -0.3 is 9.84 Å². The first-order chi connectivity index (χ1) is 16.2. The van der Waals surface area contributed by atoms with Crippen molar-refractivity contribution >= 4 is 23.1 Å². The second-order valence-corrected chi connectivity index (χ2v) is 10.6. The van der Waals surface area contributed by atoms with Crippen LogP contribution < -0.4 is 0 Å². The molecule has 4 rings (SSSR count). The quantitative estimate of drug-likeness (QED) is 0.477. The molecule has 2 aromatic heterocycles. The van der Waals surface area contributed by atoms with E-state index in [0.717, 1.165) is 23.9 Å². The highest BCUT2D eigenvalue weighted by atomic mass is 32.2. The van der Waals surface area contributed by atoms with Crippen LogP contribution in [0, 0.1) is 0 Å². The number of rotatable bonds is 7. The lowest BCUT2D eigenvalue weighted by atomic mass is 9.81. The number of nitrogens with zero attached hydrogens (tertiary/aromatic N) is 3. The highest BCUT2D eigenvalue weighted by Gasteiger charge is 2.50. The van der Waals surface area contributed by atoms with Crippen molar-refractivity contribution in [2.75, 3.05) is 25.2 Å².